The van der Waals surface area contributed by atoms with Crippen molar-refractivity contribution >= 4 is 11.9 Å². The molecule has 4 aromatic carbocycles. The van der Waals surface area contributed by atoms with Gasteiger partial charge in [-0.1, -0.05) is 142 Å². The minimum Gasteiger partial charge on any atom is -0.497 e. The Hall–Kier alpha value is -4.70. The van der Waals surface area contributed by atoms with E-state index in [9.17, 15) is 9.59 Å². The lowest BCUT2D eigenvalue weighted by molar-refractivity contribution is -0.368. The molecule has 0 saturated carbocycles. The summed E-state index contributed by atoms with van der Waals surface area (Å²) in [6.45, 7) is 7.95. The molecule has 2 aliphatic heterocycles. The Labute approximate surface area is 390 Å². The quantitative estimate of drug-likeness (QED) is 0.0438. The van der Waals surface area contributed by atoms with Gasteiger partial charge in [0.2, 0.25) is 0 Å². The summed E-state index contributed by atoms with van der Waals surface area (Å²) in [4.78, 5) is 26.2. The fourth-order valence-electron chi connectivity index (χ4n) is 8.18. The molecular weight excluding hydrogens is 845 g/mol. The van der Waals surface area contributed by atoms with E-state index in [0.717, 1.165) is 54.4 Å². The Morgan fingerprint density at radius 3 is 1.61 bits per heavy atom. The summed E-state index contributed by atoms with van der Waals surface area (Å²) >= 11 is 0. The zero-order chi connectivity index (χ0) is 46.5. The van der Waals surface area contributed by atoms with Gasteiger partial charge in [0, 0.05) is 20.5 Å². The predicted molar refractivity (Wildman–Crippen MR) is 246 cm³/mol. The van der Waals surface area contributed by atoms with Gasteiger partial charge >= 0.3 is 11.9 Å². The summed E-state index contributed by atoms with van der Waals surface area (Å²) in [5.74, 6) is -0.447. The molecule has 2 aliphatic rings. The standard InChI is InChI=1S/C53H68O13/c1-6-7-8-9-10-20-31-58-52-50(61-34-42-25-18-13-19-26-42)49(47(63-38(3)54)45(65-52)36-57-32-40-21-14-11-15-22-40)66-53-51(64-39(4)55)48(60-35-43-27-29-44(56-5)30-28-43)46(37(2)62-53)59-33-41-23-16-12-17-24-41/h11-19,21-30,37,45-53H,6-10,20,31-36H2,1-5H3/t37-,45+,46-,47-,48+,49-,50+,51+,52+,53-/m0/s1. The molecule has 0 aliphatic carbocycles. The van der Waals surface area contributed by atoms with Crippen LogP contribution in [0.15, 0.2) is 115 Å². The number of hydrogen-bond donors (Lipinski definition) is 0. The summed E-state index contributed by atoms with van der Waals surface area (Å²) in [5, 5.41) is 0. The van der Waals surface area contributed by atoms with E-state index in [1.165, 1.54) is 20.3 Å². The molecule has 4 aromatic rings. The van der Waals surface area contributed by atoms with E-state index >= 15 is 0 Å². The second-order valence-corrected chi connectivity index (χ2v) is 16.8. The van der Waals surface area contributed by atoms with Crippen LogP contribution in [0.5, 0.6) is 5.75 Å². The lowest BCUT2D eigenvalue weighted by Crippen LogP contribution is -2.66. The molecule has 358 valence electrons. The Morgan fingerprint density at radius 1 is 0.515 bits per heavy atom. The number of benzene rings is 4. The first-order valence-electron chi connectivity index (χ1n) is 23.3. The number of hydrogen-bond acceptors (Lipinski definition) is 13. The summed E-state index contributed by atoms with van der Waals surface area (Å²) in [6, 6.07) is 36.8. The van der Waals surface area contributed by atoms with E-state index in [0.29, 0.717) is 12.4 Å². The smallest absolute Gasteiger partial charge is 0.303 e. The monoisotopic (exact) mass is 912 g/mol. The van der Waals surface area contributed by atoms with Crippen LogP contribution in [-0.2, 0) is 83.4 Å². The van der Waals surface area contributed by atoms with E-state index in [1.54, 1.807) is 7.11 Å². The summed E-state index contributed by atoms with van der Waals surface area (Å²) in [6.07, 6.45) is -3.30. The van der Waals surface area contributed by atoms with Crippen molar-refractivity contribution in [3.8, 4) is 5.75 Å². The highest BCUT2D eigenvalue weighted by atomic mass is 16.8. The lowest BCUT2D eigenvalue weighted by Gasteiger charge is -2.49. The largest absolute Gasteiger partial charge is 0.497 e. The minimum absolute atomic E-state index is 0.0211. The molecule has 0 radical (unpaired) electrons. The molecule has 0 N–H and O–H groups in total. The van der Waals surface area contributed by atoms with Crippen LogP contribution < -0.4 is 4.74 Å². The zero-order valence-corrected chi connectivity index (χ0v) is 39.0. The number of carbonyl (C=O) groups excluding carboxylic acids is 2. The molecule has 2 fully saturated rings. The second kappa shape index (κ2) is 27.2. The third-order valence-corrected chi connectivity index (χ3v) is 11.6. The van der Waals surface area contributed by atoms with Crippen LogP contribution in [0.1, 0.15) is 88.5 Å². The van der Waals surface area contributed by atoms with Crippen molar-refractivity contribution < 1.29 is 61.7 Å². The summed E-state index contributed by atoms with van der Waals surface area (Å²) in [7, 11) is 1.61. The predicted octanol–water partition coefficient (Wildman–Crippen LogP) is 9.06. The van der Waals surface area contributed by atoms with Gasteiger partial charge in [0.05, 0.1) is 46.2 Å². The van der Waals surface area contributed by atoms with Crippen molar-refractivity contribution in [2.45, 2.75) is 154 Å². The van der Waals surface area contributed by atoms with E-state index in [1.807, 2.05) is 122 Å². The van der Waals surface area contributed by atoms with Gasteiger partial charge in [0.1, 0.15) is 36.3 Å². The maximum atomic E-state index is 13.1. The van der Waals surface area contributed by atoms with Gasteiger partial charge in [-0.3, -0.25) is 9.59 Å². The average molecular weight is 913 g/mol. The van der Waals surface area contributed by atoms with Gasteiger partial charge in [-0.05, 0) is 47.7 Å². The molecule has 2 heterocycles. The third kappa shape index (κ3) is 15.7. The molecule has 0 amide bonds. The Bertz CT molecular complexity index is 1970. The van der Waals surface area contributed by atoms with Crippen molar-refractivity contribution in [2.24, 2.45) is 0 Å². The molecule has 0 aromatic heterocycles. The van der Waals surface area contributed by atoms with Crippen molar-refractivity contribution in [3.05, 3.63) is 138 Å². The maximum absolute atomic E-state index is 13.1. The lowest BCUT2D eigenvalue weighted by atomic mass is 9.96. The Morgan fingerprint density at radius 2 is 1.03 bits per heavy atom. The number of unbranched alkanes of at least 4 members (excludes halogenated alkanes) is 5. The van der Waals surface area contributed by atoms with Gasteiger partial charge in [-0.2, -0.15) is 0 Å². The summed E-state index contributed by atoms with van der Waals surface area (Å²) < 4.78 is 71.1. The van der Waals surface area contributed by atoms with Crippen molar-refractivity contribution in [2.75, 3.05) is 20.3 Å². The molecule has 10 atom stereocenters. The minimum atomic E-state index is -1.27. The highest BCUT2D eigenvalue weighted by Crippen LogP contribution is 2.36. The topological polar surface area (TPSA) is 136 Å². The average Bonchev–Trinajstić information content (AvgIpc) is 3.32. The molecule has 0 unspecified atom stereocenters. The van der Waals surface area contributed by atoms with E-state index < -0.39 is 73.4 Å². The fourth-order valence-corrected chi connectivity index (χ4v) is 8.18. The first kappa shape index (κ1) is 50.7. The molecule has 2 saturated heterocycles. The second-order valence-electron chi connectivity index (χ2n) is 16.8. The zero-order valence-electron chi connectivity index (χ0n) is 39.0. The van der Waals surface area contributed by atoms with Crippen molar-refractivity contribution in [1.82, 2.24) is 0 Å². The van der Waals surface area contributed by atoms with Crippen molar-refractivity contribution in [3.63, 3.8) is 0 Å². The maximum Gasteiger partial charge on any atom is 0.303 e. The number of rotatable bonds is 26. The van der Waals surface area contributed by atoms with Crippen molar-refractivity contribution in [1.29, 1.82) is 0 Å². The molecular formula is C53H68O13. The fraction of sp³-hybridized carbons (Fsp3) is 0.509. The molecule has 13 heteroatoms. The van der Waals surface area contributed by atoms with Crippen LogP contribution in [0.2, 0.25) is 0 Å². The van der Waals surface area contributed by atoms with Crippen LogP contribution in [0, 0.1) is 0 Å². The molecule has 0 spiro atoms. The number of carbonyl (C=O) groups is 2. The molecule has 6 rings (SSSR count). The van der Waals surface area contributed by atoms with Crippen LogP contribution >= 0.6 is 0 Å². The molecule has 0 bridgehead atoms. The number of methoxy groups -OCH3 is 1. The van der Waals surface area contributed by atoms with E-state index in [2.05, 4.69) is 6.92 Å². The van der Waals surface area contributed by atoms with E-state index in [4.69, 9.17) is 52.1 Å². The van der Waals surface area contributed by atoms with Gasteiger partial charge in [-0.25, -0.2) is 0 Å². The van der Waals surface area contributed by atoms with E-state index in [-0.39, 0.29) is 33.0 Å². The number of esters is 2. The van der Waals surface area contributed by atoms with Crippen LogP contribution in [0.4, 0.5) is 0 Å². The number of ether oxygens (including phenoxy) is 11. The summed E-state index contributed by atoms with van der Waals surface area (Å²) in [5.41, 5.74) is 3.66. The Balaban J connectivity index is 1.35. The first-order chi connectivity index (χ1) is 32.2. The third-order valence-electron chi connectivity index (χ3n) is 11.6. The van der Waals surface area contributed by atoms with Gasteiger partial charge in [-0.15, -0.1) is 0 Å². The normalized spacial score (nSPS) is 25.2. The van der Waals surface area contributed by atoms with Gasteiger partial charge in [0.15, 0.2) is 24.8 Å². The van der Waals surface area contributed by atoms with Crippen LogP contribution in [0.3, 0.4) is 0 Å². The highest BCUT2D eigenvalue weighted by molar-refractivity contribution is 5.66. The molecule has 66 heavy (non-hydrogen) atoms. The van der Waals surface area contributed by atoms with Crippen LogP contribution in [-0.4, -0.2) is 93.7 Å². The molecule has 13 nitrogen and oxygen atoms in total. The van der Waals surface area contributed by atoms with Gasteiger partial charge in [0.25, 0.3) is 0 Å². The SMILES string of the molecule is CCCCCCCCO[C@@H]1O[C@H](COCc2ccccc2)[C@H](OC(C)=O)[C@H](O[C@@H]2O[C@@H](C)[C@H](OCc3ccccc3)[C@@H](OCc3ccc(OC)cc3)[C@H]2OC(C)=O)[C@H]1OCc1ccccc1. The first-order valence-corrected chi connectivity index (χ1v) is 23.3. The Kier molecular flexibility index (Phi) is 20.9. The van der Waals surface area contributed by atoms with Crippen LogP contribution in [0.25, 0.3) is 0 Å². The van der Waals surface area contributed by atoms with Gasteiger partial charge < -0.3 is 52.1 Å². The highest BCUT2D eigenvalue weighted by Gasteiger charge is 2.55.